The van der Waals surface area contributed by atoms with Crippen molar-refractivity contribution in [2.24, 2.45) is 0 Å². The molecule has 1 saturated carbocycles. The molecule has 188 valence electrons. The first-order valence-corrected chi connectivity index (χ1v) is 13.1. The lowest BCUT2D eigenvalue weighted by Gasteiger charge is -2.50. The summed E-state index contributed by atoms with van der Waals surface area (Å²) in [4.78, 5) is 15.1. The minimum absolute atomic E-state index is 0. The van der Waals surface area contributed by atoms with Gasteiger partial charge in [0.2, 0.25) is 10.0 Å². The fourth-order valence-electron chi connectivity index (χ4n) is 5.22. The first kappa shape index (κ1) is 28.1. The number of alkyl halides is 3. The van der Waals surface area contributed by atoms with Crippen LogP contribution in [-0.2, 0) is 16.2 Å². The second-order valence-corrected chi connectivity index (χ2v) is 11.0. The number of carbonyl (C=O) groups excluding carboxylic acids is 1. The van der Waals surface area contributed by atoms with Gasteiger partial charge in [0.1, 0.15) is 0 Å². The van der Waals surface area contributed by atoms with Crippen LogP contribution >= 0.6 is 12.4 Å². The van der Waals surface area contributed by atoms with Crippen molar-refractivity contribution >= 4 is 28.2 Å². The molecule has 33 heavy (non-hydrogen) atoms. The van der Waals surface area contributed by atoms with Gasteiger partial charge in [-0.25, -0.2) is 8.42 Å². The highest BCUT2D eigenvalue weighted by Gasteiger charge is 2.41. The Kier molecular flexibility index (Phi) is 9.80. The summed E-state index contributed by atoms with van der Waals surface area (Å²) in [6.45, 7) is 3.88. The molecule has 0 atom stereocenters. The lowest BCUT2D eigenvalue weighted by molar-refractivity contribution is -0.137. The summed E-state index contributed by atoms with van der Waals surface area (Å²) in [6, 6.07) is 4.98. The van der Waals surface area contributed by atoms with Crippen molar-refractivity contribution in [3.05, 3.63) is 35.4 Å². The number of hydrogen-bond acceptors (Lipinski definition) is 4. The van der Waals surface area contributed by atoms with Crippen molar-refractivity contribution in [3.8, 4) is 0 Å². The summed E-state index contributed by atoms with van der Waals surface area (Å²) in [6.07, 6.45) is 1.50. The minimum atomic E-state index is -4.56. The Balaban J connectivity index is 0.00000385. The van der Waals surface area contributed by atoms with E-state index in [1.165, 1.54) is 18.2 Å². The molecular weight excluding hydrogens is 477 g/mol. The van der Waals surface area contributed by atoms with Gasteiger partial charge >= 0.3 is 6.18 Å². The van der Waals surface area contributed by atoms with Crippen molar-refractivity contribution in [1.29, 1.82) is 0 Å². The predicted octanol–water partition coefficient (Wildman–Crippen LogP) is 5.15. The van der Waals surface area contributed by atoms with E-state index in [0.29, 0.717) is 39.0 Å². The van der Waals surface area contributed by atoms with Crippen molar-refractivity contribution < 1.29 is 26.4 Å². The van der Waals surface area contributed by atoms with Gasteiger partial charge in [-0.3, -0.25) is 9.69 Å². The predicted molar refractivity (Wildman–Crippen MR) is 125 cm³/mol. The maximum atomic E-state index is 13.3. The molecule has 0 unspecified atom stereocenters. The lowest BCUT2D eigenvalue weighted by Crippen LogP contribution is -2.58. The van der Waals surface area contributed by atoms with Crippen molar-refractivity contribution in [2.45, 2.75) is 70.0 Å². The summed E-state index contributed by atoms with van der Waals surface area (Å²) in [5.41, 5.74) is -1.39. The number of hydrogen-bond donors (Lipinski definition) is 0. The Labute approximate surface area is 201 Å². The molecule has 1 heterocycles. The minimum Gasteiger partial charge on any atom is -0.295 e. The third kappa shape index (κ3) is 6.71. The van der Waals surface area contributed by atoms with Gasteiger partial charge in [0.15, 0.2) is 5.78 Å². The summed E-state index contributed by atoms with van der Waals surface area (Å²) in [5.74, 6) is -0.335. The zero-order chi connectivity index (χ0) is 23.4. The molecule has 2 fully saturated rings. The quantitative estimate of drug-likeness (QED) is 0.454. The number of Topliss-reactive ketones (excluding diaryl/α,β-unsaturated/α-hetero) is 1. The topological polar surface area (TPSA) is 57.7 Å². The van der Waals surface area contributed by atoms with Crippen LogP contribution in [0.1, 0.15) is 74.2 Å². The Hall–Kier alpha value is -1.16. The van der Waals surface area contributed by atoms with E-state index in [-0.39, 0.29) is 35.7 Å². The third-order valence-corrected chi connectivity index (χ3v) is 8.98. The van der Waals surface area contributed by atoms with Gasteiger partial charge in [-0.15, -0.1) is 12.4 Å². The van der Waals surface area contributed by atoms with Crippen molar-refractivity contribution in [3.63, 3.8) is 0 Å². The number of ketones is 1. The number of halogens is 4. The largest absolute Gasteiger partial charge is 0.417 e. The van der Waals surface area contributed by atoms with Crippen LogP contribution in [0.25, 0.3) is 0 Å². The number of piperazine rings is 1. The summed E-state index contributed by atoms with van der Waals surface area (Å²) in [5, 5.41) is 0. The Morgan fingerprint density at radius 1 is 1.03 bits per heavy atom. The smallest absolute Gasteiger partial charge is 0.295 e. The Morgan fingerprint density at radius 3 is 2.21 bits per heavy atom. The second kappa shape index (κ2) is 11.5. The number of carbonyl (C=O) groups is 1. The number of nitrogens with zero attached hydrogens (tertiary/aromatic N) is 2. The van der Waals surface area contributed by atoms with Crippen LogP contribution in [0.5, 0.6) is 0 Å². The molecule has 5 nitrogen and oxygen atoms in total. The molecule has 1 aliphatic heterocycles. The van der Waals surface area contributed by atoms with Crippen LogP contribution < -0.4 is 0 Å². The monoisotopic (exact) mass is 510 g/mol. The van der Waals surface area contributed by atoms with E-state index in [9.17, 15) is 26.4 Å². The Morgan fingerprint density at radius 2 is 1.64 bits per heavy atom. The molecule has 2 aliphatic rings. The average molecular weight is 511 g/mol. The third-order valence-electron chi connectivity index (χ3n) is 6.90. The first-order chi connectivity index (χ1) is 15.1. The van der Waals surface area contributed by atoms with Crippen LogP contribution in [0.15, 0.2) is 24.3 Å². The summed E-state index contributed by atoms with van der Waals surface area (Å²) >= 11 is 0. The molecule has 10 heteroatoms. The van der Waals surface area contributed by atoms with E-state index in [1.54, 1.807) is 4.31 Å². The first-order valence-electron chi connectivity index (χ1n) is 11.5. The van der Waals surface area contributed by atoms with E-state index >= 15 is 0 Å². The molecule has 0 bridgehead atoms. The molecule has 0 radical (unpaired) electrons. The van der Waals surface area contributed by atoms with E-state index in [0.717, 1.165) is 38.2 Å². The van der Waals surface area contributed by atoms with Gasteiger partial charge in [0.25, 0.3) is 0 Å². The molecule has 1 aliphatic carbocycles. The number of rotatable bonds is 8. The molecule has 0 amide bonds. The van der Waals surface area contributed by atoms with E-state index in [4.69, 9.17) is 0 Å². The van der Waals surface area contributed by atoms with Gasteiger partial charge in [-0.05, 0) is 31.7 Å². The zero-order valence-electron chi connectivity index (χ0n) is 19.1. The lowest BCUT2D eigenvalue weighted by atomic mass is 9.76. The van der Waals surface area contributed by atoms with Crippen LogP contribution in [-0.4, -0.2) is 60.9 Å². The zero-order valence-corrected chi connectivity index (χ0v) is 20.7. The van der Waals surface area contributed by atoms with Crippen LogP contribution in [0.2, 0.25) is 0 Å². The molecule has 1 aromatic carbocycles. The standard InChI is InChI=1S/C23H33F3N2O3S.ClH/c1-2-18-32(30,31)28-16-14-27(15-17-28)22(11-6-3-7-12-22)13-10-21(29)19-8-4-5-9-20(19)23(24,25)26;/h4-5,8-9H,2-3,6-7,10-18H2,1H3;1H. The fourth-order valence-corrected chi connectivity index (χ4v) is 6.71. The molecule has 0 N–H and O–H groups in total. The van der Waals surface area contributed by atoms with Crippen LogP contribution in [0, 0.1) is 0 Å². The van der Waals surface area contributed by atoms with E-state index in [2.05, 4.69) is 4.90 Å². The van der Waals surface area contributed by atoms with Gasteiger partial charge in [0.05, 0.1) is 11.3 Å². The maximum Gasteiger partial charge on any atom is 0.417 e. The molecule has 1 saturated heterocycles. The summed E-state index contributed by atoms with van der Waals surface area (Å²) < 4.78 is 66.4. The van der Waals surface area contributed by atoms with Crippen molar-refractivity contribution in [2.75, 3.05) is 31.9 Å². The highest BCUT2D eigenvalue weighted by Crippen LogP contribution is 2.39. The number of sulfonamides is 1. The van der Waals surface area contributed by atoms with Crippen LogP contribution in [0.4, 0.5) is 13.2 Å². The highest BCUT2D eigenvalue weighted by molar-refractivity contribution is 7.89. The van der Waals surface area contributed by atoms with Crippen LogP contribution in [0.3, 0.4) is 0 Å². The normalized spacial score (nSPS) is 20.2. The number of benzene rings is 1. The molecule has 1 aromatic rings. The SMILES string of the molecule is CCCS(=O)(=O)N1CCN(C2(CCC(=O)c3ccccc3C(F)(F)F)CCCCC2)CC1.Cl. The van der Waals surface area contributed by atoms with Gasteiger partial charge in [-0.2, -0.15) is 17.5 Å². The van der Waals surface area contributed by atoms with Gasteiger partial charge < -0.3 is 0 Å². The van der Waals surface area contributed by atoms with Gasteiger partial charge in [-0.1, -0.05) is 44.4 Å². The molecule has 0 aromatic heterocycles. The molecule has 0 spiro atoms. The van der Waals surface area contributed by atoms with Gasteiger partial charge in [0, 0.05) is 43.7 Å². The molecule has 3 rings (SSSR count). The maximum absolute atomic E-state index is 13.3. The average Bonchev–Trinajstić information content (AvgIpc) is 2.77. The van der Waals surface area contributed by atoms with Crippen molar-refractivity contribution in [1.82, 2.24) is 9.21 Å². The van der Waals surface area contributed by atoms with E-state index in [1.807, 2.05) is 6.92 Å². The summed E-state index contributed by atoms with van der Waals surface area (Å²) in [7, 11) is -3.24. The Bertz CT molecular complexity index is 894. The second-order valence-electron chi connectivity index (χ2n) is 8.95. The molecular formula is C23H34ClF3N2O3S. The van der Waals surface area contributed by atoms with E-state index < -0.39 is 27.5 Å². The highest BCUT2D eigenvalue weighted by atomic mass is 35.5. The fraction of sp³-hybridized carbons (Fsp3) is 0.696.